The third kappa shape index (κ3) is 0.796. The Balaban J connectivity index is 2.15. The standard InChI is InChI=1S/C8H13N2/c9-8-4-1-2-7(8)3-5-10-6-8/h1-2,7H,3-6,9H2/t7?,8-/m1/s1. The molecule has 0 amide bonds. The molecule has 0 saturated carbocycles. The van der Waals surface area contributed by atoms with E-state index in [0.29, 0.717) is 5.92 Å². The normalized spacial score (nSPS) is 45.5. The van der Waals surface area contributed by atoms with Crippen LogP contribution in [0.2, 0.25) is 0 Å². The summed E-state index contributed by atoms with van der Waals surface area (Å²) < 4.78 is 0. The van der Waals surface area contributed by atoms with Crippen LogP contribution in [0.15, 0.2) is 12.2 Å². The fourth-order valence-electron chi connectivity index (χ4n) is 1.88. The van der Waals surface area contributed by atoms with Crippen LogP contribution in [0.5, 0.6) is 0 Å². The van der Waals surface area contributed by atoms with Crippen molar-refractivity contribution >= 4 is 0 Å². The number of hydrogen-bond donors (Lipinski definition) is 1. The Morgan fingerprint density at radius 2 is 2.50 bits per heavy atom. The highest BCUT2D eigenvalue weighted by molar-refractivity contribution is 5.15. The van der Waals surface area contributed by atoms with E-state index in [2.05, 4.69) is 17.5 Å². The Kier molecular flexibility index (Phi) is 1.32. The zero-order chi connectivity index (χ0) is 7.03. The van der Waals surface area contributed by atoms with Crippen molar-refractivity contribution in [3.05, 3.63) is 12.2 Å². The Labute approximate surface area is 61.5 Å². The lowest BCUT2D eigenvalue weighted by Crippen LogP contribution is -2.53. The average molecular weight is 137 g/mol. The Hall–Kier alpha value is -0.340. The first-order valence-electron chi connectivity index (χ1n) is 3.90. The van der Waals surface area contributed by atoms with Crippen LogP contribution in [0.4, 0.5) is 0 Å². The van der Waals surface area contributed by atoms with Gasteiger partial charge in [0.2, 0.25) is 0 Å². The van der Waals surface area contributed by atoms with Crippen LogP contribution in [-0.4, -0.2) is 18.6 Å². The van der Waals surface area contributed by atoms with Gasteiger partial charge in [0, 0.05) is 18.6 Å². The molecule has 2 N–H and O–H groups in total. The molecule has 0 aromatic carbocycles. The van der Waals surface area contributed by atoms with Crippen molar-refractivity contribution in [2.75, 3.05) is 13.1 Å². The van der Waals surface area contributed by atoms with Gasteiger partial charge in [0.05, 0.1) is 0 Å². The molecular weight excluding hydrogens is 124 g/mol. The molecule has 0 bridgehead atoms. The van der Waals surface area contributed by atoms with Crippen LogP contribution in [0, 0.1) is 5.92 Å². The van der Waals surface area contributed by atoms with Crippen LogP contribution < -0.4 is 11.1 Å². The van der Waals surface area contributed by atoms with Crippen molar-refractivity contribution in [3.8, 4) is 0 Å². The predicted molar refractivity (Wildman–Crippen MR) is 40.7 cm³/mol. The molecular formula is C8H13N2. The minimum Gasteiger partial charge on any atom is -0.323 e. The number of rotatable bonds is 0. The van der Waals surface area contributed by atoms with E-state index in [4.69, 9.17) is 5.73 Å². The second-order valence-corrected chi connectivity index (χ2v) is 3.37. The Bertz CT molecular complexity index is 165. The molecule has 10 heavy (non-hydrogen) atoms. The van der Waals surface area contributed by atoms with Crippen LogP contribution in [0.3, 0.4) is 0 Å². The number of piperidine rings is 1. The minimum absolute atomic E-state index is 0.0122. The summed E-state index contributed by atoms with van der Waals surface area (Å²) in [5, 5.41) is 4.33. The molecule has 1 saturated heterocycles. The first kappa shape index (κ1) is 6.38. The molecule has 1 fully saturated rings. The van der Waals surface area contributed by atoms with E-state index in [-0.39, 0.29) is 5.54 Å². The number of fused-ring (bicyclic) bond motifs is 1. The number of hydrogen-bond acceptors (Lipinski definition) is 1. The fraction of sp³-hybridized carbons (Fsp3) is 0.750. The van der Waals surface area contributed by atoms with Gasteiger partial charge < -0.3 is 5.73 Å². The van der Waals surface area contributed by atoms with Crippen molar-refractivity contribution in [1.29, 1.82) is 0 Å². The molecule has 1 radical (unpaired) electrons. The van der Waals surface area contributed by atoms with Crippen molar-refractivity contribution < 1.29 is 0 Å². The van der Waals surface area contributed by atoms with Gasteiger partial charge in [0.15, 0.2) is 0 Å². The highest BCUT2D eigenvalue weighted by Crippen LogP contribution is 2.31. The largest absolute Gasteiger partial charge is 0.323 e. The van der Waals surface area contributed by atoms with E-state index in [1.807, 2.05) is 0 Å². The topological polar surface area (TPSA) is 40.1 Å². The van der Waals surface area contributed by atoms with Gasteiger partial charge >= 0.3 is 0 Å². The van der Waals surface area contributed by atoms with Gasteiger partial charge in [-0.2, -0.15) is 0 Å². The van der Waals surface area contributed by atoms with Crippen molar-refractivity contribution in [2.24, 2.45) is 11.7 Å². The molecule has 2 aliphatic rings. The van der Waals surface area contributed by atoms with Gasteiger partial charge in [-0.25, -0.2) is 5.32 Å². The summed E-state index contributed by atoms with van der Waals surface area (Å²) in [5.74, 6) is 0.616. The summed E-state index contributed by atoms with van der Waals surface area (Å²) in [6.07, 6.45) is 6.65. The summed E-state index contributed by atoms with van der Waals surface area (Å²) in [6.45, 7) is 1.87. The molecule has 0 aromatic rings. The molecule has 0 spiro atoms. The molecule has 1 heterocycles. The maximum Gasteiger partial charge on any atom is 0.0396 e. The predicted octanol–water partition coefficient (Wildman–Crippen LogP) is 0.268. The maximum absolute atomic E-state index is 6.11. The van der Waals surface area contributed by atoms with E-state index in [9.17, 15) is 0 Å². The second kappa shape index (κ2) is 2.07. The van der Waals surface area contributed by atoms with Crippen LogP contribution in [-0.2, 0) is 0 Å². The van der Waals surface area contributed by atoms with Gasteiger partial charge in [0.1, 0.15) is 0 Å². The molecule has 55 valence electrons. The zero-order valence-electron chi connectivity index (χ0n) is 6.09. The van der Waals surface area contributed by atoms with E-state index in [0.717, 1.165) is 25.9 Å². The molecule has 2 atom stereocenters. The lowest BCUT2D eigenvalue weighted by Gasteiger charge is -2.35. The Morgan fingerprint density at radius 3 is 3.30 bits per heavy atom. The van der Waals surface area contributed by atoms with Crippen molar-refractivity contribution in [3.63, 3.8) is 0 Å². The Morgan fingerprint density at radius 1 is 1.60 bits per heavy atom. The molecule has 0 aromatic heterocycles. The summed E-state index contributed by atoms with van der Waals surface area (Å²) >= 11 is 0. The van der Waals surface area contributed by atoms with Gasteiger partial charge in [-0.1, -0.05) is 12.2 Å². The van der Waals surface area contributed by atoms with E-state index >= 15 is 0 Å². The van der Waals surface area contributed by atoms with Crippen LogP contribution in [0.1, 0.15) is 12.8 Å². The highest BCUT2D eigenvalue weighted by Gasteiger charge is 2.38. The van der Waals surface area contributed by atoms with E-state index in [1.54, 1.807) is 0 Å². The third-order valence-electron chi connectivity index (χ3n) is 2.61. The summed E-state index contributed by atoms with van der Waals surface area (Å²) in [7, 11) is 0. The zero-order valence-corrected chi connectivity index (χ0v) is 6.09. The summed E-state index contributed by atoms with van der Waals surface area (Å²) in [5.41, 5.74) is 6.12. The van der Waals surface area contributed by atoms with Gasteiger partial charge in [-0.15, -0.1) is 0 Å². The molecule has 1 unspecified atom stereocenters. The summed E-state index contributed by atoms with van der Waals surface area (Å²) in [4.78, 5) is 0. The highest BCUT2D eigenvalue weighted by atomic mass is 15.0. The van der Waals surface area contributed by atoms with E-state index in [1.165, 1.54) is 0 Å². The fourth-order valence-corrected chi connectivity index (χ4v) is 1.88. The van der Waals surface area contributed by atoms with Crippen molar-refractivity contribution in [1.82, 2.24) is 5.32 Å². The minimum atomic E-state index is 0.0122. The molecule has 1 aliphatic heterocycles. The quantitative estimate of drug-likeness (QED) is 0.478. The number of nitrogens with two attached hydrogens (primary N) is 1. The molecule has 1 aliphatic carbocycles. The lowest BCUT2D eigenvalue weighted by molar-refractivity contribution is 0.263. The second-order valence-electron chi connectivity index (χ2n) is 3.37. The van der Waals surface area contributed by atoms with Crippen LogP contribution in [0.25, 0.3) is 0 Å². The third-order valence-corrected chi connectivity index (χ3v) is 2.61. The molecule has 2 rings (SSSR count). The maximum atomic E-state index is 6.11. The smallest absolute Gasteiger partial charge is 0.0396 e. The van der Waals surface area contributed by atoms with Gasteiger partial charge in [-0.3, -0.25) is 0 Å². The van der Waals surface area contributed by atoms with Gasteiger partial charge in [-0.05, 0) is 18.8 Å². The average Bonchev–Trinajstić information content (AvgIpc) is 2.29. The van der Waals surface area contributed by atoms with Gasteiger partial charge in [0.25, 0.3) is 0 Å². The lowest BCUT2D eigenvalue weighted by atomic mass is 9.82. The van der Waals surface area contributed by atoms with E-state index < -0.39 is 0 Å². The number of nitrogens with zero attached hydrogens (tertiary/aromatic N) is 1. The molecule has 2 heteroatoms. The monoisotopic (exact) mass is 137 g/mol. The van der Waals surface area contributed by atoms with Crippen molar-refractivity contribution in [2.45, 2.75) is 18.4 Å². The molecule has 2 nitrogen and oxygen atoms in total. The summed E-state index contributed by atoms with van der Waals surface area (Å²) in [6, 6.07) is 0. The SMILES string of the molecule is N[C@@]12CC=CC1CC[N]C2. The van der Waals surface area contributed by atoms with Crippen LogP contribution >= 0.6 is 0 Å². The first-order chi connectivity index (χ1) is 4.81. The first-order valence-corrected chi connectivity index (χ1v) is 3.90.